The van der Waals surface area contributed by atoms with Crippen LogP contribution < -0.4 is 5.23 Å². The highest BCUT2D eigenvalue weighted by Gasteiger charge is 2.17. The fourth-order valence-electron chi connectivity index (χ4n) is 0.441. The Kier molecular flexibility index (Phi) is 1.92. The Morgan fingerprint density at radius 3 is 2.50 bits per heavy atom. The van der Waals surface area contributed by atoms with Crippen LogP contribution in [0.3, 0.4) is 0 Å². The minimum atomic E-state index is 0.579. The smallest absolute Gasteiger partial charge is 0.310 e. The maximum Gasteiger partial charge on any atom is 0.310 e. The molecule has 1 aliphatic heterocycles. The van der Waals surface area contributed by atoms with Crippen LogP contribution in [-0.4, -0.2) is 31.5 Å². The third-order valence-electron chi connectivity index (χ3n) is 1.07. The van der Waals surface area contributed by atoms with E-state index in [0.29, 0.717) is 6.04 Å². The van der Waals surface area contributed by atoms with E-state index in [1.54, 1.807) is 0 Å². The van der Waals surface area contributed by atoms with Gasteiger partial charge in [-0.15, -0.1) is 0 Å². The van der Waals surface area contributed by atoms with E-state index in [1.807, 2.05) is 0 Å². The first kappa shape index (κ1) is 6.11. The van der Waals surface area contributed by atoms with Crippen LogP contribution in [-0.2, 0) is 0 Å². The minimum Gasteiger partial charge on any atom is -0.343 e. The van der Waals surface area contributed by atoms with E-state index in [2.05, 4.69) is 31.4 Å². The molecule has 2 nitrogen and oxygen atoms in total. The maximum atomic E-state index is 3.21. The standard InChI is InChI=1S/C5H12BN2/c1-5(2)7-6-8-3-4-8/h5,7H,3-4H2,1-2H3. The summed E-state index contributed by atoms with van der Waals surface area (Å²) in [4.78, 5) is 2.24. The van der Waals surface area contributed by atoms with Gasteiger partial charge in [-0.05, 0) is 19.1 Å². The van der Waals surface area contributed by atoms with Gasteiger partial charge in [-0.3, -0.25) is 0 Å². The fraction of sp³-hybridized carbons (Fsp3) is 1.00. The van der Waals surface area contributed by atoms with Gasteiger partial charge in [-0.25, -0.2) is 0 Å². The Morgan fingerprint density at radius 1 is 1.50 bits per heavy atom. The van der Waals surface area contributed by atoms with Gasteiger partial charge < -0.3 is 10.0 Å². The third-order valence-corrected chi connectivity index (χ3v) is 1.07. The summed E-state index contributed by atoms with van der Waals surface area (Å²) >= 11 is 0. The summed E-state index contributed by atoms with van der Waals surface area (Å²) in [6.07, 6.45) is 0. The van der Waals surface area contributed by atoms with Crippen molar-refractivity contribution in [1.82, 2.24) is 10.0 Å². The molecule has 8 heavy (non-hydrogen) atoms. The molecule has 0 aliphatic carbocycles. The predicted molar refractivity (Wildman–Crippen MR) is 35.6 cm³/mol. The second-order valence-corrected chi connectivity index (χ2v) is 2.49. The highest BCUT2D eigenvalue weighted by atomic mass is 15.2. The Hall–Kier alpha value is -0.0151. The van der Waals surface area contributed by atoms with Gasteiger partial charge in [0.25, 0.3) is 0 Å². The van der Waals surface area contributed by atoms with Crippen LogP contribution in [0.2, 0.25) is 0 Å². The lowest BCUT2D eigenvalue weighted by molar-refractivity contribution is 0.716. The van der Waals surface area contributed by atoms with Gasteiger partial charge in [0.2, 0.25) is 0 Å². The lowest BCUT2D eigenvalue weighted by Crippen LogP contribution is -2.31. The molecule has 0 saturated carbocycles. The monoisotopic (exact) mass is 111 g/mol. The van der Waals surface area contributed by atoms with Gasteiger partial charge in [0.1, 0.15) is 0 Å². The Bertz CT molecular complexity index is 68.8. The Labute approximate surface area is 51.5 Å². The van der Waals surface area contributed by atoms with Crippen molar-refractivity contribution >= 4 is 7.55 Å². The molecule has 0 aromatic carbocycles. The van der Waals surface area contributed by atoms with E-state index in [1.165, 1.54) is 13.1 Å². The molecule has 0 spiro atoms. The molecule has 1 radical (unpaired) electrons. The molecule has 0 bridgehead atoms. The van der Waals surface area contributed by atoms with Crippen molar-refractivity contribution in [2.75, 3.05) is 13.1 Å². The topological polar surface area (TPSA) is 15.0 Å². The number of nitrogens with one attached hydrogen (secondary N) is 1. The molecule has 45 valence electrons. The lowest BCUT2D eigenvalue weighted by Gasteiger charge is -2.04. The molecule has 3 heteroatoms. The van der Waals surface area contributed by atoms with Crippen LogP contribution in [0.15, 0.2) is 0 Å². The molecule has 1 heterocycles. The van der Waals surface area contributed by atoms with E-state index in [0.717, 1.165) is 0 Å². The van der Waals surface area contributed by atoms with Gasteiger partial charge in [0, 0.05) is 0 Å². The molecule has 1 saturated heterocycles. The average molecular weight is 111 g/mol. The van der Waals surface area contributed by atoms with E-state index in [-0.39, 0.29) is 0 Å². The van der Waals surface area contributed by atoms with Crippen molar-refractivity contribution in [3.05, 3.63) is 0 Å². The fourth-order valence-corrected chi connectivity index (χ4v) is 0.441. The first-order chi connectivity index (χ1) is 3.79. The summed E-state index contributed by atoms with van der Waals surface area (Å²) < 4.78 is 0. The Morgan fingerprint density at radius 2 is 2.12 bits per heavy atom. The summed E-state index contributed by atoms with van der Waals surface area (Å²) in [5, 5.41) is 3.21. The first-order valence-corrected chi connectivity index (χ1v) is 3.12. The van der Waals surface area contributed by atoms with Crippen LogP contribution in [0, 0.1) is 0 Å². The highest BCUT2D eigenvalue weighted by molar-refractivity contribution is 6.29. The zero-order valence-corrected chi connectivity index (χ0v) is 5.52. The van der Waals surface area contributed by atoms with Gasteiger partial charge in [-0.1, -0.05) is 13.8 Å². The zero-order valence-electron chi connectivity index (χ0n) is 5.52. The molecule has 0 atom stereocenters. The molecule has 0 unspecified atom stereocenters. The van der Waals surface area contributed by atoms with Gasteiger partial charge in [-0.2, -0.15) is 0 Å². The van der Waals surface area contributed by atoms with E-state index >= 15 is 0 Å². The van der Waals surface area contributed by atoms with Crippen molar-refractivity contribution < 1.29 is 0 Å². The van der Waals surface area contributed by atoms with E-state index in [4.69, 9.17) is 0 Å². The zero-order chi connectivity index (χ0) is 5.98. The third kappa shape index (κ3) is 2.33. The van der Waals surface area contributed by atoms with Crippen LogP contribution in [0.4, 0.5) is 0 Å². The van der Waals surface area contributed by atoms with E-state index < -0.39 is 0 Å². The Balaban J connectivity index is 1.87. The number of hydrogen-bond donors (Lipinski definition) is 1. The van der Waals surface area contributed by atoms with Crippen LogP contribution >= 0.6 is 0 Å². The minimum absolute atomic E-state index is 0.579. The second kappa shape index (κ2) is 2.51. The maximum absolute atomic E-state index is 3.21. The summed E-state index contributed by atoms with van der Waals surface area (Å²) in [6, 6.07) is 0.579. The summed E-state index contributed by atoms with van der Waals surface area (Å²) in [7, 11) is 2.06. The molecule has 1 aliphatic rings. The molecule has 0 aromatic heterocycles. The lowest BCUT2D eigenvalue weighted by atomic mass is 10.1. The predicted octanol–water partition coefficient (Wildman–Crippen LogP) is -0.166. The van der Waals surface area contributed by atoms with Crippen LogP contribution in [0.1, 0.15) is 13.8 Å². The van der Waals surface area contributed by atoms with Gasteiger partial charge in [0.15, 0.2) is 0 Å². The van der Waals surface area contributed by atoms with Crippen LogP contribution in [0.25, 0.3) is 0 Å². The van der Waals surface area contributed by atoms with Crippen molar-refractivity contribution in [2.45, 2.75) is 19.9 Å². The van der Waals surface area contributed by atoms with E-state index in [9.17, 15) is 0 Å². The molecule has 0 amide bonds. The van der Waals surface area contributed by atoms with Gasteiger partial charge >= 0.3 is 7.55 Å². The summed E-state index contributed by atoms with van der Waals surface area (Å²) in [6.45, 7) is 6.75. The van der Waals surface area contributed by atoms with Crippen LogP contribution in [0.5, 0.6) is 0 Å². The molecule has 1 rings (SSSR count). The summed E-state index contributed by atoms with van der Waals surface area (Å²) in [5.74, 6) is 0. The normalized spacial score (nSPS) is 19.4. The second-order valence-electron chi connectivity index (χ2n) is 2.49. The molecular weight excluding hydrogens is 98.9 g/mol. The van der Waals surface area contributed by atoms with Crippen molar-refractivity contribution in [1.29, 1.82) is 0 Å². The molecular formula is C5H12BN2. The SMILES string of the molecule is CC(C)N[B]N1CC1. The summed E-state index contributed by atoms with van der Waals surface area (Å²) in [5.41, 5.74) is 0. The van der Waals surface area contributed by atoms with Crippen molar-refractivity contribution in [3.63, 3.8) is 0 Å². The molecule has 1 fully saturated rings. The van der Waals surface area contributed by atoms with Gasteiger partial charge in [0.05, 0.1) is 0 Å². The largest absolute Gasteiger partial charge is 0.343 e. The molecule has 1 N–H and O–H groups in total. The quantitative estimate of drug-likeness (QED) is 0.401. The van der Waals surface area contributed by atoms with Crippen molar-refractivity contribution in [3.8, 4) is 0 Å². The highest BCUT2D eigenvalue weighted by Crippen LogP contribution is 1.97. The average Bonchev–Trinajstić information content (AvgIpc) is 2.41. The number of rotatable bonds is 3. The first-order valence-electron chi connectivity index (χ1n) is 3.12. The molecule has 0 aromatic rings. The number of hydrogen-bond acceptors (Lipinski definition) is 2. The van der Waals surface area contributed by atoms with Crippen molar-refractivity contribution in [2.24, 2.45) is 0 Å². The number of nitrogens with zero attached hydrogens (tertiary/aromatic N) is 1.